The lowest BCUT2D eigenvalue weighted by Gasteiger charge is -2.37. The van der Waals surface area contributed by atoms with E-state index in [2.05, 4.69) is 13.8 Å². The average Bonchev–Trinajstić information content (AvgIpc) is 2.38. The summed E-state index contributed by atoms with van der Waals surface area (Å²) >= 11 is 0. The number of likely N-dealkylation sites (tertiary alicyclic amines) is 1. The minimum Gasteiger partial charge on any atom is -0.497 e. The lowest BCUT2D eigenvalue weighted by molar-refractivity contribution is -0.132. The molecule has 1 aromatic rings. The summed E-state index contributed by atoms with van der Waals surface area (Å²) in [4.78, 5) is 14.3. The predicted molar refractivity (Wildman–Crippen MR) is 76.3 cm³/mol. The minimum atomic E-state index is 0.226. The van der Waals surface area contributed by atoms with Crippen molar-refractivity contribution in [2.75, 3.05) is 20.2 Å². The molecule has 0 unspecified atom stereocenters. The van der Waals surface area contributed by atoms with E-state index in [0.717, 1.165) is 37.2 Å². The first kappa shape index (κ1) is 13.9. The van der Waals surface area contributed by atoms with E-state index in [1.807, 2.05) is 29.2 Å². The van der Waals surface area contributed by atoms with Gasteiger partial charge in [0.1, 0.15) is 5.75 Å². The molecule has 0 aliphatic carbocycles. The lowest BCUT2D eigenvalue weighted by atomic mass is 9.82. The quantitative estimate of drug-likeness (QED) is 0.837. The van der Waals surface area contributed by atoms with Crippen LogP contribution in [0.15, 0.2) is 24.3 Å². The third kappa shape index (κ3) is 3.72. The van der Waals surface area contributed by atoms with Gasteiger partial charge in [0.05, 0.1) is 13.5 Å². The van der Waals surface area contributed by atoms with Crippen molar-refractivity contribution in [1.82, 2.24) is 4.90 Å². The molecule has 2 rings (SSSR count). The molecular weight excluding hydrogens is 238 g/mol. The Morgan fingerprint density at radius 3 is 2.63 bits per heavy atom. The number of rotatable bonds is 3. The lowest BCUT2D eigenvalue weighted by Crippen LogP contribution is -2.41. The molecule has 1 aliphatic heterocycles. The summed E-state index contributed by atoms with van der Waals surface area (Å²) in [6, 6.07) is 7.75. The number of amides is 1. The second-order valence-electron chi connectivity index (χ2n) is 6.07. The van der Waals surface area contributed by atoms with Crippen molar-refractivity contribution >= 4 is 5.91 Å². The molecule has 104 valence electrons. The highest BCUT2D eigenvalue weighted by Gasteiger charge is 2.27. The van der Waals surface area contributed by atoms with E-state index in [0.29, 0.717) is 11.8 Å². The van der Waals surface area contributed by atoms with Crippen molar-refractivity contribution in [3.05, 3.63) is 29.8 Å². The molecule has 0 atom stereocenters. The molecule has 1 aromatic carbocycles. The molecule has 1 saturated heterocycles. The number of methoxy groups -OCH3 is 1. The maximum absolute atomic E-state index is 12.3. The Morgan fingerprint density at radius 2 is 2.00 bits per heavy atom. The number of benzene rings is 1. The number of hydrogen-bond acceptors (Lipinski definition) is 2. The molecule has 0 saturated carbocycles. The fourth-order valence-corrected chi connectivity index (χ4v) is 2.43. The molecular formula is C16H23NO2. The van der Waals surface area contributed by atoms with Gasteiger partial charge in [0.15, 0.2) is 0 Å². The largest absolute Gasteiger partial charge is 0.497 e. The molecule has 19 heavy (non-hydrogen) atoms. The summed E-state index contributed by atoms with van der Waals surface area (Å²) in [7, 11) is 1.65. The Labute approximate surface area is 115 Å². The molecule has 0 spiro atoms. The van der Waals surface area contributed by atoms with E-state index >= 15 is 0 Å². The second-order valence-corrected chi connectivity index (χ2v) is 6.07. The van der Waals surface area contributed by atoms with Crippen LogP contribution in [0.1, 0.15) is 32.3 Å². The van der Waals surface area contributed by atoms with Gasteiger partial charge < -0.3 is 9.64 Å². The first-order chi connectivity index (χ1) is 9.00. The van der Waals surface area contributed by atoms with Gasteiger partial charge >= 0.3 is 0 Å². The summed E-state index contributed by atoms with van der Waals surface area (Å²) in [6.07, 6.45) is 2.66. The Kier molecular flexibility index (Phi) is 4.13. The van der Waals surface area contributed by atoms with Crippen LogP contribution in [-0.2, 0) is 11.2 Å². The monoisotopic (exact) mass is 261 g/mol. The van der Waals surface area contributed by atoms with Gasteiger partial charge in [-0.25, -0.2) is 0 Å². The van der Waals surface area contributed by atoms with Crippen LogP contribution in [0, 0.1) is 5.41 Å². The Morgan fingerprint density at radius 1 is 1.32 bits per heavy atom. The summed E-state index contributed by atoms with van der Waals surface area (Å²) in [5.41, 5.74) is 1.40. The Bertz CT molecular complexity index is 444. The number of carbonyl (C=O) groups is 1. The highest BCUT2D eigenvalue weighted by atomic mass is 16.5. The van der Waals surface area contributed by atoms with E-state index < -0.39 is 0 Å². The zero-order chi connectivity index (χ0) is 13.9. The van der Waals surface area contributed by atoms with E-state index in [1.165, 1.54) is 0 Å². The molecule has 3 heteroatoms. The fraction of sp³-hybridized carbons (Fsp3) is 0.562. The standard InChI is InChI=1S/C16H23NO2/c1-16(2)7-9-17(10-8-16)15(18)12-13-5-4-6-14(11-13)19-3/h4-6,11H,7-10,12H2,1-3H3. The minimum absolute atomic E-state index is 0.226. The van der Waals surface area contributed by atoms with E-state index in [4.69, 9.17) is 4.74 Å². The first-order valence-corrected chi connectivity index (χ1v) is 6.91. The number of hydrogen-bond donors (Lipinski definition) is 0. The van der Waals surface area contributed by atoms with Gasteiger partial charge in [-0.3, -0.25) is 4.79 Å². The second kappa shape index (κ2) is 5.64. The molecule has 1 heterocycles. The maximum atomic E-state index is 12.3. The number of nitrogens with zero attached hydrogens (tertiary/aromatic N) is 1. The van der Waals surface area contributed by atoms with E-state index in [9.17, 15) is 4.79 Å². The van der Waals surface area contributed by atoms with Crippen LogP contribution in [0.4, 0.5) is 0 Å². The summed E-state index contributed by atoms with van der Waals surface area (Å²) in [6.45, 7) is 6.32. The van der Waals surface area contributed by atoms with Gasteiger partial charge in [0.2, 0.25) is 5.91 Å². The van der Waals surface area contributed by atoms with Crippen molar-refractivity contribution in [1.29, 1.82) is 0 Å². The SMILES string of the molecule is COc1cccc(CC(=O)N2CCC(C)(C)CC2)c1. The third-order valence-corrected chi connectivity index (χ3v) is 3.96. The molecule has 0 bridgehead atoms. The third-order valence-electron chi connectivity index (χ3n) is 3.96. The smallest absolute Gasteiger partial charge is 0.226 e. The van der Waals surface area contributed by atoms with Crippen molar-refractivity contribution in [2.45, 2.75) is 33.1 Å². The summed E-state index contributed by atoms with van der Waals surface area (Å²) < 4.78 is 5.18. The Balaban J connectivity index is 1.94. The molecule has 1 fully saturated rings. The number of piperidine rings is 1. The van der Waals surface area contributed by atoms with Crippen LogP contribution in [0.2, 0.25) is 0 Å². The Hall–Kier alpha value is -1.51. The van der Waals surface area contributed by atoms with Crippen LogP contribution >= 0.6 is 0 Å². The van der Waals surface area contributed by atoms with Gasteiger partial charge in [-0.15, -0.1) is 0 Å². The zero-order valence-electron chi connectivity index (χ0n) is 12.1. The maximum Gasteiger partial charge on any atom is 0.226 e. The van der Waals surface area contributed by atoms with Gasteiger partial charge in [-0.05, 0) is 36.0 Å². The summed E-state index contributed by atoms with van der Waals surface area (Å²) in [5.74, 6) is 1.04. The van der Waals surface area contributed by atoms with Crippen LogP contribution in [-0.4, -0.2) is 31.0 Å². The van der Waals surface area contributed by atoms with Crippen LogP contribution in [0.25, 0.3) is 0 Å². The average molecular weight is 261 g/mol. The molecule has 0 aromatic heterocycles. The van der Waals surface area contributed by atoms with Gasteiger partial charge in [-0.1, -0.05) is 26.0 Å². The zero-order valence-corrected chi connectivity index (χ0v) is 12.1. The normalized spacial score (nSPS) is 18.2. The predicted octanol–water partition coefficient (Wildman–Crippen LogP) is 2.89. The van der Waals surface area contributed by atoms with E-state index in [1.54, 1.807) is 7.11 Å². The number of ether oxygens (including phenoxy) is 1. The summed E-state index contributed by atoms with van der Waals surface area (Å²) in [5, 5.41) is 0. The van der Waals surface area contributed by atoms with Crippen molar-refractivity contribution in [3.63, 3.8) is 0 Å². The highest BCUT2D eigenvalue weighted by molar-refractivity contribution is 5.79. The number of carbonyl (C=O) groups excluding carboxylic acids is 1. The van der Waals surface area contributed by atoms with Crippen LogP contribution < -0.4 is 4.74 Å². The molecule has 0 radical (unpaired) electrons. The van der Waals surface area contributed by atoms with Crippen LogP contribution in [0.3, 0.4) is 0 Å². The van der Waals surface area contributed by atoms with Crippen molar-refractivity contribution in [2.24, 2.45) is 5.41 Å². The van der Waals surface area contributed by atoms with Gasteiger partial charge in [0, 0.05) is 13.1 Å². The fourth-order valence-electron chi connectivity index (χ4n) is 2.43. The van der Waals surface area contributed by atoms with Gasteiger partial charge in [0.25, 0.3) is 0 Å². The first-order valence-electron chi connectivity index (χ1n) is 6.91. The van der Waals surface area contributed by atoms with E-state index in [-0.39, 0.29) is 5.91 Å². The van der Waals surface area contributed by atoms with Crippen LogP contribution in [0.5, 0.6) is 5.75 Å². The van der Waals surface area contributed by atoms with Crippen molar-refractivity contribution < 1.29 is 9.53 Å². The van der Waals surface area contributed by atoms with Crippen molar-refractivity contribution in [3.8, 4) is 5.75 Å². The van der Waals surface area contributed by atoms with Gasteiger partial charge in [-0.2, -0.15) is 0 Å². The topological polar surface area (TPSA) is 29.5 Å². The highest BCUT2D eigenvalue weighted by Crippen LogP contribution is 2.29. The molecule has 3 nitrogen and oxygen atoms in total. The molecule has 1 amide bonds. The molecule has 1 aliphatic rings. The molecule has 0 N–H and O–H groups in total.